The molecule has 2 saturated heterocycles. The first-order valence-electron chi connectivity index (χ1n) is 9.45. The predicted octanol–water partition coefficient (Wildman–Crippen LogP) is 1.77. The van der Waals surface area contributed by atoms with Gasteiger partial charge in [0.05, 0.1) is 25.2 Å². The number of sulfonamides is 1. The van der Waals surface area contributed by atoms with Crippen molar-refractivity contribution >= 4 is 21.6 Å². The van der Waals surface area contributed by atoms with Gasteiger partial charge in [-0.3, -0.25) is 9.10 Å². The lowest BCUT2D eigenvalue weighted by atomic mass is 10.0. The molecule has 1 aromatic rings. The highest BCUT2D eigenvalue weighted by molar-refractivity contribution is 7.92. The van der Waals surface area contributed by atoms with Gasteiger partial charge in [0, 0.05) is 38.9 Å². The fourth-order valence-electron chi connectivity index (χ4n) is 3.62. The normalized spacial score (nSPS) is 19.4. The van der Waals surface area contributed by atoms with Crippen LogP contribution in [0.15, 0.2) is 24.3 Å². The second-order valence-electron chi connectivity index (χ2n) is 7.09. The number of nitrogens with zero attached hydrogens (tertiary/aromatic N) is 2. The Hall–Kier alpha value is -1.64. The quantitative estimate of drug-likeness (QED) is 0.733. The third kappa shape index (κ3) is 4.80. The van der Waals surface area contributed by atoms with Crippen molar-refractivity contribution in [2.75, 3.05) is 43.4 Å². The average molecular weight is 397 g/mol. The topological polar surface area (TPSA) is 76.2 Å². The molecule has 8 heteroatoms. The van der Waals surface area contributed by atoms with Crippen LogP contribution >= 0.6 is 0 Å². The number of hydrogen-bond acceptors (Lipinski definition) is 5. The summed E-state index contributed by atoms with van der Waals surface area (Å²) in [6.45, 7) is 4.54. The van der Waals surface area contributed by atoms with Crippen LogP contribution in [0.2, 0.25) is 0 Å². The zero-order valence-electron chi connectivity index (χ0n) is 16.0. The Labute approximate surface area is 161 Å². The number of carbonyl (C=O) groups is 1. The standard InChI is InChI=1S/C19H28N2O5S/c1-3-16-4-6-17(7-5-16)21(27(2,23)24)11-8-18(22)20-12-9-19(10-13-20)25-14-15-26-19/h4-7H,3,8-15H2,1-2H3. The summed E-state index contributed by atoms with van der Waals surface area (Å²) in [5.74, 6) is -0.557. The number of aryl methyl sites for hydroxylation is 1. The number of carbonyl (C=O) groups excluding carboxylic acids is 1. The van der Waals surface area contributed by atoms with Crippen molar-refractivity contribution in [2.45, 2.75) is 38.4 Å². The van der Waals surface area contributed by atoms with Gasteiger partial charge in [-0.1, -0.05) is 19.1 Å². The molecule has 2 aliphatic heterocycles. The molecule has 0 aromatic heterocycles. The van der Waals surface area contributed by atoms with Crippen LogP contribution in [0, 0.1) is 0 Å². The molecule has 0 saturated carbocycles. The number of ether oxygens (including phenoxy) is 2. The number of anilines is 1. The minimum absolute atomic E-state index is 0.0401. The fraction of sp³-hybridized carbons (Fsp3) is 0.632. The Bertz CT molecular complexity index is 747. The largest absolute Gasteiger partial charge is 0.347 e. The van der Waals surface area contributed by atoms with Gasteiger partial charge < -0.3 is 14.4 Å². The van der Waals surface area contributed by atoms with E-state index in [0.717, 1.165) is 12.0 Å². The van der Waals surface area contributed by atoms with Crippen molar-refractivity contribution in [3.8, 4) is 0 Å². The van der Waals surface area contributed by atoms with E-state index in [9.17, 15) is 13.2 Å². The van der Waals surface area contributed by atoms with Crippen molar-refractivity contribution in [3.63, 3.8) is 0 Å². The maximum absolute atomic E-state index is 12.6. The molecule has 3 rings (SSSR count). The monoisotopic (exact) mass is 396 g/mol. The molecule has 0 radical (unpaired) electrons. The van der Waals surface area contributed by atoms with Crippen molar-refractivity contribution in [1.82, 2.24) is 4.90 Å². The number of benzene rings is 1. The Morgan fingerprint density at radius 3 is 2.26 bits per heavy atom. The molecule has 0 unspecified atom stereocenters. The van der Waals surface area contributed by atoms with Crippen LogP contribution in [0.4, 0.5) is 5.69 Å². The van der Waals surface area contributed by atoms with Gasteiger partial charge in [-0.15, -0.1) is 0 Å². The second kappa shape index (κ2) is 8.16. The van der Waals surface area contributed by atoms with E-state index in [1.54, 1.807) is 17.0 Å². The zero-order chi connectivity index (χ0) is 19.5. The molecule has 1 amide bonds. The maximum Gasteiger partial charge on any atom is 0.232 e. The predicted molar refractivity (Wildman–Crippen MR) is 103 cm³/mol. The van der Waals surface area contributed by atoms with Crippen LogP contribution in [-0.4, -0.2) is 64.1 Å². The SMILES string of the molecule is CCc1ccc(N(CCC(=O)N2CCC3(CC2)OCCO3)S(C)(=O)=O)cc1. The molecular formula is C19H28N2O5S. The molecule has 0 N–H and O–H groups in total. The van der Waals surface area contributed by atoms with Gasteiger partial charge in [-0.2, -0.15) is 0 Å². The summed E-state index contributed by atoms with van der Waals surface area (Å²) in [6.07, 6.45) is 3.53. The Morgan fingerprint density at radius 1 is 1.15 bits per heavy atom. The highest BCUT2D eigenvalue weighted by Crippen LogP contribution is 2.31. The number of amides is 1. The summed E-state index contributed by atoms with van der Waals surface area (Å²) in [5.41, 5.74) is 1.73. The van der Waals surface area contributed by atoms with E-state index >= 15 is 0 Å². The lowest BCUT2D eigenvalue weighted by Gasteiger charge is -2.37. The molecule has 2 aliphatic rings. The first kappa shape index (κ1) is 20.1. The summed E-state index contributed by atoms with van der Waals surface area (Å²) in [5, 5.41) is 0. The Morgan fingerprint density at radius 2 is 1.74 bits per heavy atom. The van der Waals surface area contributed by atoms with E-state index in [2.05, 4.69) is 0 Å². The van der Waals surface area contributed by atoms with Crippen LogP contribution in [-0.2, 0) is 30.7 Å². The van der Waals surface area contributed by atoms with E-state index in [1.807, 2.05) is 19.1 Å². The lowest BCUT2D eigenvalue weighted by molar-refractivity contribution is -0.187. The first-order chi connectivity index (χ1) is 12.8. The van der Waals surface area contributed by atoms with Gasteiger partial charge in [0.15, 0.2) is 5.79 Å². The van der Waals surface area contributed by atoms with Gasteiger partial charge in [-0.05, 0) is 24.1 Å². The Kier molecular flexibility index (Phi) is 6.08. The number of likely N-dealkylation sites (tertiary alicyclic amines) is 1. The molecule has 2 heterocycles. The summed E-state index contributed by atoms with van der Waals surface area (Å²) in [4.78, 5) is 14.4. The molecule has 2 fully saturated rings. The highest BCUT2D eigenvalue weighted by Gasteiger charge is 2.40. The smallest absolute Gasteiger partial charge is 0.232 e. The van der Waals surface area contributed by atoms with E-state index in [0.29, 0.717) is 44.8 Å². The zero-order valence-corrected chi connectivity index (χ0v) is 16.8. The van der Waals surface area contributed by atoms with Gasteiger partial charge in [0.1, 0.15) is 0 Å². The molecule has 150 valence electrons. The van der Waals surface area contributed by atoms with Crippen LogP contribution in [0.25, 0.3) is 0 Å². The minimum atomic E-state index is -3.46. The van der Waals surface area contributed by atoms with E-state index < -0.39 is 15.8 Å². The van der Waals surface area contributed by atoms with Crippen LogP contribution in [0.5, 0.6) is 0 Å². The number of rotatable bonds is 6. The maximum atomic E-state index is 12.6. The third-order valence-corrected chi connectivity index (χ3v) is 6.45. The molecule has 0 atom stereocenters. The summed E-state index contributed by atoms with van der Waals surface area (Å²) < 4.78 is 37.1. The van der Waals surface area contributed by atoms with Crippen LogP contribution < -0.4 is 4.31 Å². The summed E-state index contributed by atoms with van der Waals surface area (Å²) in [6, 6.07) is 7.43. The average Bonchev–Trinajstić information content (AvgIpc) is 3.09. The van der Waals surface area contributed by atoms with E-state index in [4.69, 9.17) is 9.47 Å². The van der Waals surface area contributed by atoms with Crippen molar-refractivity contribution in [2.24, 2.45) is 0 Å². The third-order valence-electron chi connectivity index (χ3n) is 5.25. The van der Waals surface area contributed by atoms with Gasteiger partial charge in [-0.25, -0.2) is 8.42 Å². The molecule has 1 aromatic carbocycles. The van der Waals surface area contributed by atoms with Crippen molar-refractivity contribution in [3.05, 3.63) is 29.8 Å². The molecule has 0 bridgehead atoms. The fourth-order valence-corrected chi connectivity index (χ4v) is 4.55. The van der Waals surface area contributed by atoms with E-state index in [1.165, 1.54) is 10.6 Å². The second-order valence-corrected chi connectivity index (χ2v) is 9.00. The summed E-state index contributed by atoms with van der Waals surface area (Å²) in [7, 11) is -3.46. The van der Waals surface area contributed by atoms with Crippen molar-refractivity contribution < 1.29 is 22.7 Å². The van der Waals surface area contributed by atoms with Gasteiger partial charge >= 0.3 is 0 Å². The van der Waals surface area contributed by atoms with E-state index in [-0.39, 0.29) is 18.9 Å². The van der Waals surface area contributed by atoms with Crippen LogP contribution in [0.1, 0.15) is 31.7 Å². The molecular weight excluding hydrogens is 368 g/mol. The highest BCUT2D eigenvalue weighted by atomic mass is 32.2. The summed E-state index contributed by atoms with van der Waals surface area (Å²) >= 11 is 0. The first-order valence-corrected chi connectivity index (χ1v) is 11.3. The molecule has 0 aliphatic carbocycles. The molecule has 7 nitrogen and oxygen atoms in total. The Balaban J connectivity index is 1.59. The minimum Gasteiger partial charge on any atom is -0.347 e. The number of piperidine rings is 1. The molecule has 27 heavy (non-hydrogen) atoms. The van der Waals surface area contributed by atoms with Crippen molar-refractivity contribution in [1.29, 1.82) is 0 Å². The van der Waals surface area contributed by atoms with Crippen LogP contribution in [0.3, 0.4) is 0 Å². The van der Waals surface area contributed by atoms with Gasteiger partial charge in [0.25, 0.3) is 0 Å². The number of hydrogen-bond donors (Lipinski definition) is 0. The lowest BCUT2D eigenvalue weighted by Crippen LogP contribution is -2.48. The molecule has 1 spiro atoms. The van der Waals surface area contributed by atoms with Gasteiger partial charge in [0.2, 0.25) is 15.9 Å².